The molecule has 3 rings (SSSR count). The zero-order chi connectivity index (χ0) is 17.7. The first-order valence-corrected chi connectivity index (χ1v) is 10.2. The molecule has 2 aromatic rings. The van der Waals surface area contributed by atoms with Gasteiger partial charge in [0.2, 0.25) is 10.0 Å². The van der Waals surface area contributed by atoms with Crippen LogP contribution in [0.1, 0.15) is 18.9 Å². The normalized spacial score (nSPS) is 18.4. The molecule has 1 fully saturated rings. The van der Waals surface area contributed by atoms with E-state index in [1.54, 1.807) is 19.1 Å². The summed E-state index contributed by atoms with van der Waals surface area (Å²) in [6, 6.07) is 17.9. The van der Waals surface area contributed by atoms with Gasteiger partial charge in [-0.2, -0.15) is 0 Å². The predicted molar refractivity (Wildman–Crippen MR) is 101 cm³/mol. The average molecular weight is 359 g/mol. The number of hydrogen-bond acceptors (Lipinski definition) is 4. The summed E-state index contributed by atoms with van der Waals surface area (Å²) in [6.07, 6.45) is 1.09. The Hall–Kier alpha value is -1.89. The minimum atomic E-state index is -3.38. The summed E-state index contributed by atoms with van der Waals surface area (Å²) in [5, 5.41) is 3.51. The van der Waals surface area contributed by atoms with E-state index in [9.17, 15) is 8.42 Å². The molecule has 0 saturated carbocycles. The molecule has 0 bridgehead atoms. The number of hydrogen-bond donors (Lipinski definition) is 2. The van der Waals surface area contributed by atoms with Gasteiger partial charge in [0.05, 0.1) is 4.90 Å². The minimum Gasteiger partial charge on any atom is -0.381 e. The molecule has 0 radical (unpaired) electrons. The van der Waals surface area contributed by atoms with Crippen LogP contribution in [-0.4, -0.2) is 39.0 Å². The summed E-state index contributed by atoms with van der Waals surface area (Å²) in [6.45, 7) is 5.20. The lowest BCUT2D eigenvalue weighted by atomic mass is 10.2. The molecule has 0 amide bonds. The number of nitrogens with one attached hydrogen (secondary N) is 2. The van der Waals surface area contributed by atoms with Crippen LogP contribution in [0.25, 0.3) is 0 Å². The summed E-state index contributed by atoms with van der Waals surface area (Å²) in [4.78, 5) is 2.74. The van der Waals surface area contributed by atoms with Gasteiger partial charge in [0, 0.05) is 37.9 Å². The second kappa shape index (κ2) is 7.99. The van der Waals surface area contributed by atoms with Crippen molar-refractivity contribution in [1.29, 1.82) is 0 Å². The van der Waals surface area contributed by atoms with Gasteiger partial charge in [0.25, 0.3) is 0 Å². The molecule has 1 unspecified atom stereocenters. The van der Waals surface area contributed by atoms with E-state index in [2.05, 4.69) is 39.2 Å². The molecule has 1 aliphatic heterocycles. The topological polar surface area (TPSA) is 61.4 Å². The van der Waals surface area contributed by atoms with Crippen molar-refractivity contribution in [2.24, 2.45) is 0 Å². The molecule has 0 aliphatic carbocycles. The molecule has 2 N–H and O–H groups in total. The summed E-state index contributed by atoms with van der Waals surface area (Å²) < 4.78 is 26.4. The number of nitrogens with zero attached hydrogens (tertiary/aromatic N) is 1. The summed E-state index contributed by atoms with van der Waals surface area (Å²) in [5.74, 6) is 0. The molecule has 1 heterocycles. The van der Waals surface area contributed by atoms with E-state index < -0.39 is 10.0 Å². The second-order valence-corrected chi connectivity index (χ2v) is 8.14. The average Bonchev–Trinajstić information content (AvgIpc) is 3.03. The van der Waals surface area contributed by atoms with Gasteiger partial charge >= 0.3 is 0 Å². The van der Waals surface area contributed by atoms with E-state index in [-0.39, 0.29) is 0 Å². The Morgan fingerprint density at radius 3 is 2.48 bits per heavy atom. The highest BCUT2D eigenvalue weighted by Crippen LogP contribution is 2.19. The van der Waals surface area contributed by atoms with Gasteiger partial charge < -0.3 is 5.32 Å². The smallest absolute Gasteiger partial charge is 0.240 e. The molecule has 134 valence electrons. The maximum absolute atomic E-state index is 12.0. The fourth-order valence-electron chi connectivity index (χ4n) is 3.18. The largest absolute Gasteiger partial charge is 0.381 e. The molecule has 1 atom stereocenters. The van der Waals surface area contributed by atoms with Crippen LogP contribution in [0.15, 0.2) is 59.5 Å². The van der Waals surface area contributed by atoms with Crippen molar-refractivity contribution >= 4 is 15.7 Å². The van der Waals surface area contributed by atoms with Crippen LogP contribution in [0.4, 0.5) is 5.69 Å². The highest BCUT2D eigenvalue weighted by atomic mass is 32.2. The van der Waals surface area contributed by atoms with Crippen molar-refractivity contribution in [1.82, 2.24) is 9.62 Å². The summed E-state index contributed by atoms with van der Waals surface area (Å²) in [7, 11) is -3.38. The van der Waals surface area contributed by atoms with Gasteiger partial charge in [-0.1, -0.05) is 37.3 Å². The number of benzene rings is 2. The van der Waals surface area contributed by atoms with Gasteiger partial charge in [-0.05, 0) is 36.2 Å². The zero-order valence-corrected chi connectivity index (χ0v) is 15.3. The molecule has 5 nitrogen and oxygen atoms in total. The van der Waals surface area contributed by atoms with Crippen LogP contribution in [0.2, 0.25) is 0 Å². The molecular formula is C19H25N3O2S. The third-order valence-electron chi connectivity index (χ3n) is 4.39. The SMILES string of the molecule is CCNS(=O)(=O)c1ccc(NC2CCN(Cc3ccccc3)C2)cc1. The van der Waals surface area contributed by atoms with E-state index in [0.29, 0.717) is 17.5 Å². The lowest BCUT2D eigenvalue weighted by Gasteiger charge is -2.17. The highest BCUT2D eigenvalue weighted by molar-refractivity contribution is 7.89. The molecule has 25 heavy (non-hydrogen) atoms. The first-order chi connectivity index (χ1) is 12.1. The maximum Gasteiger partial charge on any atom is 0.240 e. The van der Waals surface area contributed by atoms with Crippen LogP contribution in [0.5, 0.6) is 0 Å². The Kier molecular flexibility index (Phi) is 5.73. The van der Waals surface area contributed by atoms with E-state index >= 15 is 0 Å². The first kappa shape index (κ1) is 17.9. The predicted octanol–water partition coefficient (Wildman–Crippen LogP) is 2.67. The maximum atomic E-state index is 12.0. The van der Waals surface area contributed by atoms with E-state index in [1.165, 1.54) is 5.56 Å². The number of rotatable bonds is 7. The fourth-order valence-corrected chi connectivity index (χ4v) is 4.22. The Bertz CT molecular complexity index is 776. The lowest BCUT2D eigenvalue weighted by molar-refractivity contribution is 0.328. The Morgan fingerprint density at radius 2 is 1.80 bits per heavy atom. The molecular weight excluding hydrogens is 334 g/mol. The molecule has 1 aliphatic rings. The molecule has 2 aromatic carbocycles. The second-order valence-electron chi connectivity index (χ2n) is 6.38. The molecule has 0 aromatic heterocycles. The van der Waals surface area contributed by atoms with Crippen LogP contribution >= 0.6 is 0 Å². The van der Waals surface area contributed by atoms with E-state index in [0.717, 1.165) is 31.7 Å². The van der Waals surface area contributed by atoms with Gasteiger partial charge in [-0.25, -0.2) is 13.1 Å². The van der Waals surface area contributed by atoms with Crippen molar-refractivity contribution < 1.29 is 8.42 Å². The van der Waals surface area contributed by atoms with Crippen molar-refractivity contribution in [3.05, 3.63) is 60.2 Å². The van der Waals surface area contributed by atoms with Gasteiger partial charge in [0.15, 0.2) is 0 Å². The van der Waals surface area contributed by atoms with Crippen molar-refractivity contribution in [2.75, 3.05) is 25.0 Å². The van der Waals surface area contributed by atoms with Crippen molar-refractivity contribution in [2.45, 2.75) is 30.8 Å². The van der Waals surface area contributed by atoms with Gasteiger partial charge in [-0.3, -0.25) is 4.90 Å². The highest BCUT2D eigenvalue weighted by Gasteiger charge is 2.22. The fraction of sp³-hybridized carbons (Fsp3) is 0.368. The van der Waals surface area contributed by atoms with E-state index in [1.807, 2.05) is 18.2 Å². The van der Waals surface area contributed by atoms with Gasteiger partial charge in [0.1, 0.15) is 0 Å². The van der Waals surface area contributed by atoms with Crippen LogP contribution in [0, 0.1) is 0 Å². The van der Waals surface area contributed by atoms with Crippen LogP contribution in [0.3, 0.4) is 0 Å². The van der Waals surface area contributed by atoms with Gasteiger partial charge in [-0.15, -0.1) is 0 Å². The third kappa shape index (κ3) is 4.81. The number of anilines is 1. The van der Waals surface area contributed by atoms with Crippen LogP contribution < -0.4 is 10.0 Å². The number of sulfonamides is 1. The standard InChI is InChI=1S/C19H25N3O2S/c1-2-20-25(23,24)19-10-8-17(9-11-19)21-18-12-13-22(15-18)14-16-6-4-3-5-7-16/h3-11,18,20-21H,2,12-15H2,1H3. The monoisotopic (exact) mass is 359 g/mol. The minimum absolute atomic E-state index is 0.303. The van der Waals surface area contributed by atoms with Crippen molar-refractivity contribution in [3.63, 3.8) is 0 Å². The Balaban J connectivity index is 1.55. The summed E-state index contributed by atoms with van der Waals surface area (Å²) >= 11 is 0. The van der Waals surface area contributed by atoms with E-state index in [4.69, 9.17) is 0 Å². The zero-order valence-electron chi connectivity index (χ0n) is 14.5. The quantitative estimate of drug-likeness (QED) is 0.798. The lowest BCUT2D eigenvalue weighted by Crippen LogP contribution is -2.26. The van der Waals surface area contributed by atoms with Crippen molar-refractivity contribution in [3.8, 4) is 0 Å². The molecule has 1 saturated heterocycles. The van der Waals surface area contributed by atoms with Crippen LogP contribution in [-0.2, 0) is 16.6 Å². The number of likely N-dealkylation sites (tertiary alicyclic amines) is 1. The first-order valence-electron chi connectivity index (χ1n) is 8.69. The molecule has 0 spiro atoms. The third-order valence-corrected chi connectivity index (χ3v) is 5.95. The Morgan fingerprint density at radius 1 is 1.08 bits per heavy atom. The summed E-state index contributed by atoms with van der Waals surface area (Å²) in [5.41, 5.74) is 2.29. The Labute approximate surface area is 150 Å². The molecule has 6 heteroatoms.